The van der Waals surface area contributed by atoms with Crippen molar-refractivity contribution in [2.24, 2.45) is 0 Å². The van der Waals surface area contributed by atoms with Crippen molar-refractivity contribution in [3.63, 3.8) is 0 Å². The van der Waals surface area contributed by atoms with Crippen molar-refractivity contribution in [1.29, 1.82) is 0 Å². The standard InChI is InChI=1S/C58H43NS/c1-3-46(44-35-53(58-54(36-44)52-23-13-15-25-57(52)60-58)41-28-26-40(27-29-41)39-16-6-4-7-17-39)48-20-10-11-21-49(48)47-32-30-42(34-38(47)2)43-31-33-51-50-22-12-14-24-55(50)59(56(51)37-43)45-18-8-5-9-19-45/h4-37,46H,3H2,1-2H3. The summed E-state index contributed by atoms with van der Waals surface area (Å²) in [5.41, 5.74) is 17.7. The van der Waals surface area contributed by atoms with Gasteiger partial charge in [0.25, 0.3) is 0 Å². The Morgan fingerprint density at radius 1 is 0.433 bits per heavy atom. The van der Waals surface area contributed by atoms with E-state index in [0.717, 1.165) is 6.42 Å². The van der Waals surface area contributed by atoms with Gasteiger partial charge in [-0.25, -0.2) is 0 Å². The summed E-state index contributed by atoms with van der Waals surface area (Å²) in [6.45, 7) is 4.61. The van der Waals surface area contributed by atoms with E-state index in [-0.39, 0.29) is 5.92 Å². The summed E-state index contributed by atoms with van der Waals surface area (Å²) >= 11 is 1.91. The van der Waals surface area contributed by atoms with Gasteiger partial charge in [-0.15, -0.1) is 11.3 Å². The molecule has 9 aromatic carbocycles. The molecule has 0 saturated carbocycles. The van der Waals surface area contributed by atoms with Crippen LogP contribution in [0.25, 0.3) is 92.2 Å². The molecule has 0 N–H and O–H groups in total. The number of fused-ring (bicyclic) bond motifs is 6. The van der Waals surface area contributed by atoms with Gasteiger partial charge >= 0.3 is 0 Å². The van der Waals surface area contributed by atoms with E-state index >= 15 is 0 Å². The van der Waals surface area contributed by atoms with Gasteiger partial charge in [0.2, 0.25) is 0 Å². The number of thiophene rings is 1. The van der Waals surface area contributed by atoms with Crippen molar-refractivity contribution in [3.05, 3.63) is 223 Å². The van der Waals surface area contributed by atoms with E-state index in [1.807, 2.05) is 11.3 Å². The summed E-state index contributed by atoms with van der Waals surface area (Å²) in [4.78, 5) is 0. The number of aromatic nitrogens is 1. The van der Waals surface area contributed by atoms with Gasteiger partial charge in [0.15, 0.2) is 0 Å². The number of hydrogen-bond donors (Lipinski definition) is 0. The Morgan fingerprint density at radius 3 is 1.85 bits per heavy atom. The Labute approximate surface area is 355 Å². The van der Waals surface area contributed by atoms with E-state index in [9.17, 15) is 0 Å². The van der Waals surface area contributed by atoms with E-state index in [2.05, 4.69) is 225 Å². The molecular formula is C58H43NS. The normalized spacial score (nSPS) is 12.2. The first-order chi connectivity index (χ1) is 29.6. The van der Waals surface area contributed by atoms with Gasteiger partial charge < -0.3 is 4.57 Å². The lowest BCUT2D eigenvalue weighted by Crippen LogP contribution is -2.03. The highest BCUT2D eigenvalue weighted by atomic mass is 32.1. The zero-order valence-corrected chi connectivity index (χ0v) is 34.6. The molecule has 0 spiro atoms. The highest BCUT2D eigenvalue weighted by molar-refractivity contribution is 7.26. The van der Waals surface area contributed by atoms with Crippen molar-refractivity contribution in [2.75, 3.05) is 0 Å². The molecule has 286 valence electrons. The van der Waals surface area contributed by atoms with E-state index in [1.165, 1.54) is 109 Å². The molecule has 2 heterocycles. The quantitative estimate of drug-likeness (QED) is 0.145. The molecule has 0 radical (unpaired) electrons. The van der Waals surface area contributed by atoms with Gasteiger partial charge in [0, 0.05) is 42.6 Å². The molecule has 11 aromatic rings. The number of hydrogen-bond acceptors (Lipinski definition) is 1. The molecule has 0 fully saturated rings. The topological polar surface area (TPSA) is 4.93 Å². The summed E-state index contributed by atoms with van der Waals surface area (Å²) in [6.07, 6.45) is 0.990. The average molecular weight is 786 g/mol. The van der Waals surface area contributed by atoms with Crippen LogP contribution in [0.2, 0.25) is 0 Å². The lowest BCUT2D eigenvalue weighted by molar-refractivity contribution is 0.780. The lowest BCUT2D eigenvalue weighted by atomic mass is 9.82. The maximum absolute atomic E-state index is 2.49. The third-order valence-corrected chi connectivity index (χ3v) is 13.7. The molecule has 60 heavy (non-hydrogen) atoms. The summed E-state index contributed by atoms with van der Waals surface area (Å²) < 4.78 is 5.08. The zero-order chi connectivity index (χ0) is 40.2. The zero-order valence-electron chi connectivity index (χ0n) is 33.8. The fourth-order valence-electron chi connectivity index (χ4n) is 9.57. The number of aryl methyl sites for hydroxylation is 1. The summed E-state index contributed by atoms with van der Waals surface area (Å²) in [7, 11) is 0. The molecule has 0 aliphatic rings. The largest absolute Gasteiger partial charge is 0.309 e. The van der Waals surface area contributed by atoms with Crippen LogP contribution in [0.1, 0.15) is 36.0 Å². The molecule has 0 aliphatic carbocycles. The first-order valence-electron chi connectivity index (χ1n) is 21.0. The van der Waals surface area contributed by atoms with Crippen molar-refractivity contribution >= 4 is 53.3 Å². The van der Waals surface area contributed by atoms with Crippen LogP contribution in [0.3, 0.4) is 0 Å². The molecule has 2 heteroatoms. The first-order valence-corrected chi connectivity index (χ1v) is 21.8. The van der Waals surface area contributed by atoms with Gasteiger partial charge in [-0.1, -0.05) is 171 Å². The molecule has 1 unspecified atom stereocenters. The van der Waals surface area contributed by atoms with Crippen LogP contribution in [-0.2, 0) is 0 Å². The Bertz CT molecular complexity index is 3350. The van der Waals surface area contributed by atoms with Crippen LogP contribution in [-0.4, -0.2) is 4.57 Å². The average Bonchev–Trinajstić information content (AvgIpc) is 3.85. The Hall–Kier alpha value is -7.00. The van der Waals surface area contributed by atoms with Crippen LogP contribution in [0.15, 0.2) is 206 Å². The molecule has 0 bridgehead atoms. The predicted octanol–water partition coefficient (Wildman–Crippen LogP) is 16.7. The summed E-state index contributed by atoms with van der Waals surface area (Å²) in [6, 6.07) is 76.3. The van der Waals surface area contributed by atoms with Crippen LogP contribution >= 0.6 is 11.3 Å². The second kappa shape index (κ2) is 15.0. The van der Waals surface area contributed by atoms with Crippen LogP contribution < -0.4 is 0 Å². The van der Waals surface area contributed by atoms with Gasteiger partial charge in [-0.2, -0.15) is 0 Å². The van der Waals surface area contributed by atoms with Gasteiger partial charge in [0.1, 0.15) is 0 Å². The molecule has 2 aromatic heterocycles. The van der Waals surface area contributed by atoms with Gasteiger partial charge in [-0.3, -0.25) is 0 Å². The maximum Gasteiger partial charge on any atom is 0.0547 e. The van der Waals surface area contributed by atoms with Gasteiger partial charge in [-0.05, 0) is 117 Å². The number of benzene rings is 9. The molecular weight excluding hydrogens is 743 g/mol. The minimum absolute atomic E-state index is 0.216. The van der Waals surface area contributed by atoms with E-state index in [4.69, 9.17) is 0 Å². The molecule has 0 aliphatic heterocycles. The first kappa shape index (κ1) is 36.1. The highest BCUT2D eigenvalue weighted by Crippen LogP contribution is 2.45. The van der Waals surface area contributed by atoms with E-state index < -0.39 is 0 Å². The van der Waals surface area contributed by atoms with Crippen LogP contribution in [0.4, 0.5) is 0 Å². The fraction of sp³-hybridized carbons (Fsp3) is 0.0690. The Kier molecular flexibility index (Phi) is 9.02. The Morgan fingerprint density at radius 2 is 1.05 bits per heavy atom. The van der Waals surface area contributed by atoms with Crippen LogP contribution in [0, 0.1) is 6.92 Å². The maximum atomic E-state index is 2.49. The number of rotatable bonds is 8. The van der Waals surface area contributed by atoms with E-state index in [0.29, 0.717) is 0 Å². The summed E-state index contributed by atoms with van der Waals surface area (Å²) in [5.74, 6) is 0.216. The fourth-order valence-corrected chi connectivity index (χ4v) is 10.8. The SMILES string of the molecule is CCC(c1cc(-c2ccc(-c3ccccc3)cc2)c2sc3ccccc3c2c1)c1ccccc1-c1ccc(-c2ccc3c4ccccc4n(-c4ccccc4)c3c2)cc1C. The minimum Gasteiger partial charge on any atom is -0.309 e. The third kappa shape index (κ3) is 6.15. The van der Waals surface area contributed by atoms with Crippen molar-refractivity contribution in [3.8, 4) is 50.2 Å². The Balaban J connectivity index is 1.00. The third-order valence-electron chi connectivity index (χ3n) is 12.5. The smallest absolute Gasteiger partial charge is 0.0547 e. The van der Waals surface area contributed by atoms with Crippen LogP contribution in [0.5, 0.6) is 0 Å². The molecule has 1 nitrogen and oxygen atoms in total. The highest BCUT2D eigenvalue weighted by Gasteiger charge is 2.22. The molecule has 0 saturated heterocycles. The van der Waals surface area contributed by atoms with Crippen molar-refractivity contribution in [2.45, 2.75) is 26.2 Å². The second-order valence-electron chi connectivity index (χ2n) is 16.0. The molecule has 11 rings (SSSR count). The second-order valence-corrected chi connectivity index (χ2v) is 17.0. The van der Waals surface area contributed by atoms with E-state index in [1.54, 1.807) is 0 Å². The molecule has 1 atom stereocenters. The lowest BCUT2D eigenvalue weighted by Gasteiger charge is -2.22. The number of nitrogens with zero attached hydrogens (tertiary/aromatic N) is 1. The summed E-state index contributed by atoms with van der Waals surface area (Å²) in [5, 5.41) is 5.22. The monoisotopic (exact) mass is 785 g/mol. The minimum atomic E-state index is 0.216. The number of para-hydroxylation sites is 2. The predicted molar refractivity (Wildman–Crippen MR) is 259 cm³/mol. The van der Waals surface area contributed by atoms with Crippen molar-refractivity contribution < 1.29 is 0 Å². The van der Waals surface area contributed by atoms with Gasteiger partial charge in [0.05, 0.1) is 11.0 Å². The van der Waals surface area contributed by atoms with Crippen molar-refractivity contribution in [1.82, 2.24) is 4.57 Å². The molecule has 0 amide bonds.